The Bertz CT molecular complexity index is 529. The van der Waals surface area contributed by atoms with Crippen molar-refractivity contribution in [3.63, 3.8) is 0 Å². The molecule has 1 aliphatic heterocycles. The van der Waals surface area contributed by atoms with Gasteiger partial charge in [-0.2, -0.15) is 0 Å². The number of carbonyl (C=O) groups is 2. The summed E-state index contributed by atoms with van der Waals surface area (Å²) >= 11 is 0. The second-order valence-electron chi connectivity index (χ2n) is 9.87. The summed E-state index contributed by atoms with van der Waals surface area (Å²) in [6, 6.07) is 0.250. The van der Waals surface area contributed by atoms with Gasteiger partial charge in [-0.25, -0.2) is 4.79 Å². The summed E-state index contributed by atoms with van der Waals surface area (Å²) in [5.41, 5.74) is 0.333. The van der Waals surface area contributed by atoms with Gasteiger partial charge in [0.2, 0.25) is 5.91 Å². The van der Waals surface area contributed by atoms with E-state index in [2.05, 4.69) is 10.2 Å². The highest BCUT2D eigenvalue weighted by Gasteiger charge is 2.51. The number of carbonyl (C=O) groups excluding carboxylic acids is 2. The van der Waals surface area contributed by atoms with Gasteiger partial charge in [0.15, 0.2) is 0 Å². The third-order valence-corrected chi connectivity index (χ3v) is 7.92. The van der Waals surface area contributed by atoms with E-state index in [9.17, 15) is 9.59 Å². The molecule has 5 fully saturated rings. The molecule has 0 atom stereocenters. The number of urea groups is 1. The Hall–Kier alpha value is -1.26. The first-order valence-electron chi connectivity index (χ1n) is 11.3. The van der Waals surface area contributed by atoms with Crippen molar-refractivity contribution in [2.24, 2.45) is 23.2 Å². The SMILES string of the molecule is CCN(CC)C(=O)NC1CCN(C(=O)CC23CC4CC(CC(C4)C2)C3)CC1. The summed E-state index contributed by atoms with van der Waals surface area (Å²) in [6.07, 6.45) is 10.8. The molecule has 5 heteroatoms. The highest BCUT2D eigenvalue weighted by atomic mass is 16.2. The molecule has 1 saturated heterocycles. The van der Waals surface area contributed by atoms with E-state index in [1.165, 1.54) is 38.5 Å². The lowest BCUT2D eigenvalue weighted by molar-refractivity contribution is -0.140. The smallest absolute Gasteiger partial charge is 0.317 e. The van der Waals surface area contributed by atoms with Crippen molar-refractivity contribution in [3.05, 3.63) is 0 Å². The Morgan fingerprint density at radius 3 is 1.96 bits per heavy atom. The molecule has 0 aromatic rings. The van der Waals surface area contributed by atoms with Crippen LogP contribution in [0.3, 0.4) is 0 Å². The molecule has 0 spiro atoms. The third kappa shape index (κ3) is 3.97. The summed E-state index contributed by atoms with van der Waals surface area (Å²) in [5, 5.41) is 3.16. The number of hydrogen-bond donors (Lipinski definition) is 1. The van der Waals surface area contributed by atoms with E-state index < -0.39 is 0 Å². The molecule has 5 aliphatic rings. The zero-order chi connectivity index (χ0) is 19.0. The largest absolute Gasteiger partial charge is 0.343 e. The molecule has 1 N–H and O–H groups in total. The van der Waals surface area contributed by atoms with Gasteiger partial charge in [-0.15, -0.1) is 0 Å². The predicted molar refractivity (Wildman–Crippen MR) is 106 cm³/mol. The van der Waals surface area contributed by atoms with E-state index in [0.29, 0.717) is 11.3 Å². The summed E-state index contributed by atoms with van der Waals surface area (Å²) in [6.45, 7) is 7.10. The summed E-state index contributed by atoms with van der Waals surface area (Å²) < 4.78 is 0. The molecule has 1 heterocycles. The van der Waals surface area contributed by atoms with Crippen LogP contribution in [0.15, 0.2) is 0 Å². The quantitative estimate of drug-likeness (QED) is 0.798. The van der Waals surface area contributed by atoms with E-state index in [1.54, 1.807) is 0 Å². The van der Waals surface area contributed by atoms with Crippen LogP contribution in [-0.2, 0) is 4.79 Å². The van der Waals surface area contributed by atoms with E-state index in [1.807, 2.05) is 18.7 Å². The molecule has 5 rings (SSSR count). The fraction of sp³-hybridized carbons (Fsp3) is 0.909. The second kappa shape index (κ2) is 7.63. The summed E-state index contributed by atoms with van der Waals surface area (Å²) in [7, 11) is 0. The first-order valence-corrected chi connectivity index (χ1v) is 11.3. The summed E-state index contributed by atoms with van der Waals surface area (Å²) in [5.74, 6) is 3.10. The Kier molecular flexibility index (Phi) is 5.39. The Labute approximate surface area is 164 Å². The van der Waals surface area contributed by atoms with E-state index in [0.717, 1.165) is 63.2 Å². The first kappa shape index (κ1) is 19.1. The number of rotatable bonds is 5. The molecule has 5 nitrogen and oxygen atoms in total. The van der Waals surface area contributed by atoms with E-state index in [4.69, 9.17) is 0 Å². The molecule has 0 aromatic heterocycles. The third-order valence-electron chi connectivity index (χ3n) is 7.92. The van der Waals surface area contributed by atoms with Gasteiger partial charge < -0.3 is 15.1 Å². The van der Waals surface area contributed by atoms with Gasteiger partial charge in [0.25, 0.3) is 0 Å². The maximum absolute atomic E-state index is 13.0. The number of nitrogens with zero attached hydrogens (tertiary/aromatic N) is 2. The fourth-order valence-corrected chi connectivity index (χ4v) is 6.99. The first-order chi connectivity index (χ1) is 13.0. The maximum atomic E-state index is 13.0. The van der Waals surface area contributed by atoms with E-state index in [-0.39, 0.29) is 12.1 Å². The monoisotopic (exact) mass is 375 g/mol. The van der Waals surface area contributed by atoms with Crippen LogP contribution in [0.1, 0.15) is 71.6 Å². The molecule has 4 aliphatic carbocycles. The molecule has 0 unspecified atom stereocenters. The Morgan fingerprint density at radius 2 is 1.48 bits per heavy atom. The molecule has 0 radical (unpaired) electrons. The van der Waals surface area contributed by atoms with Gasteiger partial charge in [0.1, 0.15) is 0 Å². The van der Waals surface area contributed by atoms with Crippen LogP contribution < -0.4 is 5.32 Å². The lowest BCUT2D eigenvalue weighted by Gasteiger charge is -2.57. The van der Waals surface area contributed by atoms with Gasteiger partial charge in [-0.05, 0) is 88.4 Å². The number of likely N-dealkylation sites (tertiary alicyclic amines) is 1. The Balaban J connectivity index is 1.26. The topological polar surface area (TPSA) is 52.7 Å². The average Bonchev–Trinajstić information content (AvgIpc) is 2.61. The highest BCUT2D eigenvalue weighted by molar-refractivity contribution is 5.77. The van der Waals surface area contributed by atoms with Crippen LogP contribution in [0.2, 0.25) is 0 Å². The molecule has 4 saturated carbocycles. The number of piperidine rings is 1. The zero-order valence-electron chi connectivity index (χ0n) is 17.2. The van der Waals surface area contributed by atoms with Crippen molar-refractivity contribution in [2.75, 3.05) is 26.2 Å². The van der Waals surface area contributed by atoms with Gasteiger partial charge >= 0.3 is 6.03 Å². The normalized spacial score (nSPS) is 35.3. The molecule has 3 amide bonds. The highest BCUT2D eigenvalue weighted by Crippen LogP contribution is 2.61. The lowest BCUT2D eigenvalue weighted by atomic mass is 9.49. The number of nitrogens with one attached hydrogen (secondary N) is 1. The van der Waals surface area contributed by atoms with Crippen molar-refractivity contribution in [2.45, 2.75) is 77.7 Å². The average molecular weight is 376 g/mol. The van der Waals surface area contributed by atoms with Crippen LogP contribution in [0.4, 0.5) is 4.79 Å². The fourth-order valence-electron chi connectivity index (χ4n) is 6.99. The van der Waals surface area contributed by atoms with Crippen LogP contribution >= 0.6 is 0 Å². The zero-order valence-corrected chi connectivity index (χ0v) is 17.2. The molecular weight excluding hydrogens is 338 g/mol. The van der Waals surface area contributed by atoms with Crippen molar-refractivity contribution in [1.29, 1.82) is 0 Å². The Morgan fingerprint density at radius 1 is 0.963 bits per heavy atom. The molecule has 152 valence electrons. The van der Waals surface area contributed by atoms with Crippen molar-refractivity contribution in [1.82, 2.24) is 15.1 Å². The maximum Gasteiger partial charge on any atom is 0.317 e. The van der Waals surface area contributed by atoms with Gasteiger partial charge in [0, 0.05) is 38.6 Å². The minimum absolute atomic E-state index is 0.0401. The van der Waals surface area contributed by atoms with Crippen molar-refractivity contribution < 1.29 is 9.59 Å². The predicted octanol–water partition coefficient (Wildman–Crippen LogP) is 3.64. The minimum Gasteiger partial charge on any atom is -0.343 e. The van der Waals surface area contributed by atoms with Crippen LogP contribution in [0.5, 0.6) is 0 Å². The van der Waals surface area contributed by atoms with Crippen molar-refractivity contribution >= 4 is 11.9 Å². The molecule has 4 bridgehead atoms. The van der Waals surface area contributed by atoms with Crippen molar-refractivity contribution in [3.8, 4) is 0 Å². The molecule has 27 heavy (non-hydrogen) atoms. The molecular formula is C22H37N3O2. The van der Waals surface area contributed by atoms with Gasteiger partial charge in [-0.1, -0.05) is 0 Å². The molecule has 0 aromatic carbocycles. The van der Waals surface area contributed by atoms with Gasteiger partial charge in [0.05, 0.1) is 0 Å². The standard InChI is InChI=1S/C22H37N3O2/c1-3-24(4-2)21(27)23-19-5-7-25(8-6-19)20(26)15-22-12-16-9-17(13-22)11-18(10-16)14-22/h16-19H,3-15H2,1-2H3,(H,23,27). The number of hydrogen-bond acceptors (Lipinski definition) is 2. The van der Waals surface area contributed by atoms with E-state index >= 15 is 0 Å². The number of amides is 3. The summed E-state index contributed by atoms with van der Waals surface area (Å²) in [4.78, 5) is 29.2. The van der Waals surface area contributed by atoms with Crippen LogP contribution in [0, 0.1) is 23.2 Å². The van der Waals surface area contributed by atoms with Gasteiger partial charge in [-0.3, -0.25) is 4.79 Å². The van der Waals surface area contributed by atoms with Crippen LogP contribution in [-0.4, -0.2) is 54.0 Å². The van der Waals surface area contributed by atoms with Crippen LogP contribution in [0.25, 0.3) is 0 Å². The second-order valence-corrected chi connectivity index (χ2v) is 9.87. The minimum atomic E-state index is 0.0401. The lowest BCUT2D eigenvalue weighted by Crippen LogP contribution is -2.52.